The van der Waals surface area contributed by atoms with Crippen LogP contribution in [-0.4, -0.2) is 22.7 Å². The first-order valence-electron chi connectivity index (χ1n) is 5.80. The standard InChI is InChI=1S/C14H10FNO3/c15-13-10(2-1-4-16-13)9-6-8-3-5-19-12(8)11(7-9)14(17)18/h1-2,4,6-7H,3,5H2,(H,17,18). The van der Waals surface area contributed by atoms with Crippen LogP contribution in [0.2, 0.25) is 0 Å². The van der Waals surface area contributed by atoms with E-state index < -0.39 is 11.9 Å². The number of ether oxygens (including phenoxy) is 1. The van der Waals surface area contributed by atoms with E-state index in [-0.39, 0.29) is 5.56 Å². The number of hydrogen-bond acceptors (Lipinski definition) is 3. The molecule has 96 valence electrons. The number of hydrogen-bond donors (Lipinski definition) is 1. The smallest absolute Gasteiger partial charge is 0.339 e. The van der Waals surface area contributed by atoms with E-state index in [1.54, 1.807) is 18.2 Å². The molecule has 0 atom stereocenters. The highest BCUT2D eigenvalue weighted by atomic mass is 19.1. The third-order valence-corrected chi connectivity index (χ3v) is 3.08. The van der Waals surface area contributed by atoms with Gasteiger partial charge in [0, 0.05) is 18.2 Å². The van der Waals surface area contributed by atoms with Crippen LogP contribution in [0, 0.1) is 5.95 Å². The van der Waals surface area contributed by atoms with Gasteiger partial charge in [0.1, 0.15) is 11.3 Å². The number of pyridine rings is 1. The molecule has 0 saturated heterocycles. The van der Waals surface area contributed by atoms with Crippen molar-refractivity contribution in [3.63, 3.8) is 0 Å². The van der Waals surface area contributed by atoms with Crippen LogP contribution >= 0.6 is 0 Å². The monoisotopic (exact) mass is 259 g/mol. The molecular weight excluding hydrogens is 249 g/mol. The predicted octanol–water partition coefficient (Wildman–Crippen LogP) is 2.52. The summed E-state index contributed by atoms with van der Waals surface area (Å²) in [4.78, 5) is 14.8. The number of carboxylic acid groups (broad SMARTS) is 1. The SMILES string of the molecule is O=C(O)c1cc(-c2cccnc2F)cc2c1OCC2. The number of benzene rings is 1. The van der Waals surface area contributed by atoms with Crippen molar-refractivity contribution in [2.45, 2.75) is 6.42 Å². The Kier molecular flexibility index (Phi) is 2.67. The minimum Gasteiger partial charge on any atom is -0.492 e. The third-order valence-electron chi connectivity index (χ3n) is 3.08. The number of aromatic carboxylic acids is 1. The highest BCUT2D eigenvalue weighted by Gasteiger charge is 2.23. The Bertz CT molecular complexity index is 670. The fraction of sp³-hybridized carbons (Fsp3) is 0.143. The van der Waals surface area contributed by atoms with Crippen molar-refractivity contribution >= 4 is 5.97 Å². The van der Waals surface area contributed by atoms with Gasteiger partial charge in [-0.2, -0.15) is 4.39 Å². The fourth-order valence-electron chi connectivity index (χ4n) is 2.22. The van der Waals surface area contributed by atoms with Gasteiger partial charge >= 0.3 is 5.97 Å². The average Bonchev–Trinajstić information content (AvgIpc) is 2.86. The quantitative estimate of drug-likeness (QED) is 0.842. The summed E-state index contributed by atoms with van der Waals surface area (Å²) in [6, 6.07) is 6.37. The lowest BCUT2D eigenvalue weighted by Gasteiger charge is -2.08. The first-order valence-corrected chi connectivity index (χ1v) is 5.80. The normalized spacial score (nSPS) is 12.9. The van der Waals surface area contributed by atoms with E-state index in [0.717, 1.165) is 5.56 Å². The van der Waals surface area contributed by atoms with Crippen molar-refractivity contribution in [3.05, 3.63) is 47.5 Å². The molecule has 1 aromatic heterocycles. The number of carboxylic acids is 1. The van der Waals surface area contributed by atoms with Gasteiger partial charge in [-0.15, -0.1) is 0 Å². The second-order valence-electron chi connectivity index (χ2n) is 4.26. The van der Waals surface area contributed by atoms with Gasteiger partial charge in [-0.05, 0) is 35.4 Å². The number of fused-ring (bicyclic) bond motifs is 1. The van der Waals surface area contributed by atoms with Gasteiger partial charge in [0.15, 0.2) is 0 Å². The molecule has 0 unspecified atom stereocenters. The summed E-state index contributed by atoms with van der Waals surface area (Å²) >= 11 is 0. The van der Waals surface area contributed by atoms with Crippen molar-refractivity contribution < 1.29 is 19.0 Å². The zero-order chi connectivity index (χ0) is 13.4. The van der Waals surface area contributed by atoms with Gasteiger partial charge in [0.2, 0.25) is 5.95 Å². The number of rotatable bonds is 2. The van der Waals surface area contributed by atoms with Crippen molar-refractivity contribution in [1.29, 1.82) is 0 Å². The Balaban J connectivity index is 2.21. The molecule has 1 N–H and O–H groups in total. The molecule has 19 heavy (non-hydrogen) atoms. The summed E-state index contributed by atoms with van der Waals surface area (Å²) in [5.74, 6) is -1.30. The van der Waals surface area contributed by atoms with Gasteiger partial charge in [-0.3, -0.25) is 0 Å². The van der Waals surface area contributed by atoms with Crippen molar-refractivity contribution in [2.75, 3.05) is 6.61 Å². The van der Waals surface area contributed by atoms with Gasteiger partial charge in [0.25, 0.3) is 0 Å². The molecule has 2 aromatic rings. The second-order valence-corrected chi connectivity index (χ2v) is 4.26. The lowest BCUT2D eigenvalue weighted by atomic mass is 9.99. The van der Waals surface area contributed by atoms with E-state index in [4.69, 9.17) is 4.74 Å². The maximum Gasteiger partial charge on any atom is 0.339 e. The topological polar surface area (TPSA) is 59.4 Å². The van der Waals surface area contributed by atoms with E-state index in [9.17, 15) is 14.3 Å². The molecule has 1 aromatic carbocycles. The molecule has 0 radical (unpaired) electrons. The molecule has 0 amide bonds. The van der Waals surface area contributed by atoms with Gasteiger partial charge in [-0.1, -0.05) is 0 Å². The van der Waals surface area contributed by atoms with E-state index in [2.05, 4.69) is 4.98 Å². The highest BCUT2D eigenvalue weighted by molar-refractivity contribution is 5.93. The first kappa shape index (κ1) is 11.6. The van der Waals surface area contributed by atoms with Crippen LogP contribution in [0.3, 0.4) is 0 Å². The second kappa shape index (κ2) is 4.35. The summed E-state index contributed by atoms with van der Waals surface area (Å²) in [5, 5.41) is 9.20. The Hall–Kier alpha value is -2.43. The number of carbonyl (C=O) groups is 1. The molecule has 4 nitrogen and oxygen atoms in total. The molecule has 5 heteroatoms. The number of aromatic nitrogens is 1. The molecule has 3 rings (SSSR count). The summed E-state index contributed by atoms with van der Waals surface area (Å²) in [6.45, 7) is 0.453. The van der Waals surface area contributed by atoms with Crippen LogP contribution in [-0.2, 0) is 6.42 Å². The van der Waals surface area contributed by atoms with Crippen molar-refractivity contribution in [3.8, 4) is 16.9 Å². The Labute approximate surface area is 108 Å². The van der Waals surface area contributed by atoms with Crippen LogP contribution in [0.1, 0.15) is 15.9 Å². The zero-order valence-corrected chi connectivity index (χ0v) is 9.89. The fourth-order valence-corrected chi connectivity index (χ4v) is 2.22. The average molecular weight is 259 g/mol. The summed E-state index contributed by atoms with van der Waals surface area (Å²) in [6.07, 6.45) is 1.98. The number of halogens is 1. The Morgan fingerprint density at radius 2 is 2.26 bits per heavy atom. The van der Waals surface area contributed by atoms with Crippen molar-refractivity contribution in [1.82, 2.24) is 4.98 Å². The molecule has 0 spiro atoms. The van der Waals surface area contributed by atoms with E-state index in [1.165, 1.54) is 12.3 Å². The minimum absolute atomic E-state index is 0.0632. The van der Waals surface area contributed by atoms with Crippen molar-refractivity contribution in [2.24, 2.45) is 0 Å². The summed E-state index contributed by atoms with van der Waals surface area (Å²) < 4.78 is 19.0. The first-order chi connectivity index (χ1) is 9.16. The van der Waals surface area contributed by atoms with E-state index in [1.807, 2.05) is 0 Å². The van der Waals surface area contributed by atoms with Gasteiger partial charge in [0.05, 0.1) is 6.61 Å². The molecule has 0 aliphatic carbocycles. The van der Waals surface area contributed by atoms with Gasteiger partial charge in [-0.25, -0.2) is 9.78 Å². The Morgan fingerprint density at radius 3 is 3.00 bits per heavy atom. The third kappa shape index (κ3) is 1.93. The van der Waals surface area contributed by atoms with Crippen LogP contribution in [0.25, 0.3) is 11.1 Å². The molecule has 0 fully saturated rings. The highest BCUT2D eigenvalue weighted by Crippen LogP contribution is 2.35. The predicted molar refractivity (Wildman–Crippen MR) is 65.8 cm³/mol. The Morgan fingerprint density at radius 1 is 1.42 bits per heavy atom. The van der Waals surface area contributed by atoms with Crippen LogP contribution in [0.15, 0.2) is 30.5 Å². The largest absolute Gasteiger partial charge is 0.492 e. The lowest BCUT2D eigenvalue weighted by molar-refractivity contribution is 0.0693. The summed E-state index contributed by atoms with van der Waals surface area (Å²) in [7, 11) is 0. The molecular formula is C14H10FNO3. The maximum atomic E-state index is 13.7. The van der Waals surface area contributed by atoms with E-state index >= 15 is 0 Å². The molecule has 0 bridgehead atoms. The summed E-state index contributed by atoms with van der Waals surface area (Å²) in [5.41, 5.74) is 1.65. The minimum atomic E-state index is -1.08. The van der Waals surface area contributed by atoms with Crippen LogP contribution in [0.4, 0.5) is 4.39 Å². The van der Waals surface area contributed by atoms with Gasteiger partial charge < -0.3 is 9.84 Å². The van der Waals surface area contributed by atoms with Crippen LogP contribution < -0.4 is 4.74 Å². The molecule has 1 aliphatic heterocycles. The molecule has 2 heterocycles. The molecule has 1 aliphatic rings. The zero-order valence-electron chi connectivity index (χ0n) is 9.89. The lowest BCUT2D eigenvalue weighted by Crippen LogP contribution is -2.01. The number of nitrogens with zero attached hydrogens (tertiary/aromatic N) is 1. The van der Waals surface area contributed by atoms with E-state index in [0.29, 0.717) is 29.9 Å². The van der Waals surface area contributed by atoms with Crippen LogP contribution in [0.5, 0.6) is 5.75 Å². The maximum absolute atomic E-state index is 13.7. The molecule has 0 saturated carbocycles.